The average molecular weight is 378 g/mol. The zero-order valence-electron chi connectivity index (χ0n) is 14.5. The molecule has 2 aromatic carbocycles. The summed E-state index contributed by atoms with van der Waals surface area (Å²) in [6.07, 6.45) is 3.10. The maximum Gasteiger partial charge on any atom is 0.324 e. The number of hydrogen-bond donors (Lipinski definition) is 0. The monoisotopic (exact) mass is 378 g/mol. The first-order valence-electron chi connectivity index (χ1n) is 8.41. The van der Waals surface area contributed by atoms with Gasteiger partial charge < -0.3 is 4.90 Å². The number of nitro groups is 1. The molecule has 0 saturated heterocycles. The minimum Gasteiger partial charge on any atom is -0.331 e. The Hall–Kier alpha value is -3.25. The van der Waals surface area contributed by atoms with E-state index in [4.69, 9.17) is 0 Å². The van der Waals surface area contributed by atoms with Crippen LogP contribution in [0.1, 0.15) is 16.0 Å². The molecule has 0 unspecified atom stereocenters. The highest BCUT2D eigenvalue weighted by Crippen LogP contribution is 2.25. The van der Waals surface area contributed by atoms with Crippen molar-refractivity contribution < 1.29 is 9.72 Å². The third kappa shape index (κ3) is 5.36. The van der Waals surface area contributed by atoms with Gasteiger partial charge in [-0.05, 0) is 23.3 Å². The predicted octanol–water partition coefficient (Wildman–Crippen LogP) is 4.90. The van der Waals surface area contributed by atoms with Crippen LogP contribution < -0.4 is 0 Å². The van der Waals surface area contributed by atoms with E-state index in [1.54, 1.807) is 17.0 Å². The third-order valence-electron chi connectivity index (χ3n) is 3.93. The summed E-state index contributed by atoms with van der Waals surface area (Å²) in [5.41, 5.74) is 2.09. The summed E-state index contributed by atoms with van der Waals surface area (Å²) in [5, 5.41) is 10.8. The molecule has 0 spiro atoms. The molecule has 0 saturated carbocycles. The average Bonchev–Trinajstić information content (AvgIpc) is 3.17. The molecule has 3 rings (SSSR count). The van der Waals surface area contributed by atoms with Gasteiger partial charge in [-0.1, -0.05) is 72.0 Å². The van der Waals surface area contributed by atoms with E-state index in [0.717, 1.165) is 22.5 Å². The van der Waals surface area contributed by atoms with Crippen LogP contribution in [-0.2, 0) is 17.9 Å². The highest BCUT2D eigenvalue weighted by atomic mass is 32.1. The number of nitrogens with zero attached hydrogens (tertiary/aromatic N) is 2. The molecule has 0 bridgehead atoms. The van der Waals surface area contributed by atoms with Crippen LogP contribution >= 0.6 is 11.3 Å². The SMILES string of the molecule is O=C(/C=C/c1ccc([N+](=O)[O-])s1)N(Cc1ccccc1)Cc1ccccc1. The Labute approximate surface area is 161 Å². The summed E-state index contributed by atoms with van der Waals surface area (Å²) in [4.78, 5) is 25.6. The van der Waals surface area contributed by atoms with E-state index in [1.165, 1.54) is 12.1 Å². The number of carbonyl (C=O) groups is 1. The lowest BCUT2D eigenvalue weighted by Gasteiger charge is -2.21. The lowest BCUT2D eigenvalue weighted by molar-refractivity contribution is -0.380. The van der Waals surface area contributed by atoms with Gasteiger partial charge in [0.15, 0.2) is 0 Å². The number of rotatable bonds is 7. The minimum atomic E-state index is -0.430. The predicted molar refractivity (Wildman–Crippen MR) is 107 cm³/mol. The fraction of sp³-hybridized carbons (Fsp3) is 0.0952. The van der Waals surface area contributed by atoms with E-state index < -0.39 is 4.92 Å². The summed E-state index contributed by atoms with van der Waals surface area (Å²) < 4.78 is 0. The van der Waals surface area contributed by atoms with Crippen molar-refractivity contribution in [2.75, 3.05) is 0 Å². The Morgan fingerprint density at radius 2 is 1.48 bits per heavy atom. The maximum absolute atomic E-state index is 12.8. The van der Waals surface area contributed by atoms with Gasteiger partial charge >= 0.3 is 5.00 Å². The lowest BCUT2D eigenvalue weighted by atomic mass is 10.1. The summed E-state index contributed by atoms with van der Waals surface area (Å²) in [6.45, 7) is 0.979. The Balaban J connectivity index is 1.76. The molecule has 0 aliphatic heterocycles. The normalized spacial score (nSPS) is 10.8. The fourth-order valence-corrected chi connectivity index (χ4v) is 3.33. The van der Waals surface area contributed by atoms with Crippen molar-refractivity contribution in [1.82, 2.24) is 4.90 Å². The number of benzene rings is 2. The summed E-state index contributed by atoms with van der Waals surface area (Å²) in [5.74, 6) is -0.140. The van der Waals surface area contributed by atoms with E-state index >= 15 is 0 Å². The molecule has 136 valence electrons. The summed E-state index contributed by atoms with van der Waals surface area (Å²) in [6, 6.07) is 22.7. The van der Waals surface area contributed by atoms with Crippen molar-refractivity contribution in [2.45, 2.75) is 13.1 Å². The van der Waals surface area contributed by atoms with Crippen molar-refractivity contribution in [3.63, 3.8) is 0 Å². The molecule has 0 fully saturated rings. The maximum atomic E-state index is 12.8. The van der Waals surface area contributed by atoms with Crippen LogP contribution in [0.15, 0.2) is 78.9 Å². The van der Waals surface area contributed by atoms with Crippen LogP contribution in [0.25, 0.3) is 6.08 Å². The highest BCUT2D eigenvalue weighted by molar-refractivity contribution is 7.16. The first kappa shape index (κ1) is 18.5. The number of carbonyl (C=O) groups excluding carboxylic acids is 1. The Morgan fingerprint density at radius 1 is 0.926 bits per heavy atom. The smallest absolute Gasteiger partial charge is 0.324 e. The van der Waals surface area contributed by atoms with E-state index in [-0.39, 0.29) is 10.9 Å². The second kappa shape index (κ2) is 8.91. The number of hydrogen-bond acceptors (Lipinski definition) is 4. The first-order chi connectivity index (χ1) is 13.1. The van der Waals surface area contributed by atoms with Crippen LogP contribution in [0.4, 0.5) is 5.00 Å². The minimum absolute atomic E-state index is 0.0625. The Morgan fingerprint density at radius 3 is 1.96 bits per heavy atom. The molecule has 5 nitrogen and oxygen atoms in total. The van der Waals surface area contributed by atoms with Crippen LogP contribution in [-0.4, -0.2) is 15.7 Å². The highest BCUT2D eigenvalue weighted by Gasteiger charge is 2.13. The van der Waals surface area contributed by atoms with Gasteiger partial charge in [-0.2, -0.15) is 0 Å². The standard InChI is InChI=1S/C21H18N2O3S/c24-20(13-11-19-12-14-21(27-19)23(25)26)22(15-17-7-3-1-4-8-17)16-18-9-5-2-6-10-18/h1-14H,15-16H2/b13-11+. The van der Waals surface area contributed by atoms with Crippen LogP contribution in [0, 0.1) is 10.1 Å². The van der Waals surface area contributed by atoms with Gasteiger partial charge in [0.05, 0.1) is 4.92 Å². The van der Waals surface area contributed by atoms with E-state index in [1.807, 2.05) is 60.7 Å². The molecular formula is C21H18N2O3S. The lowest BCUT2D eigenvalue weighted by Crippen LogP contribution is -2.28. The molecule has 0 N–H and O–H groups in total. The van der Waals surface area contributed by atoms with Crippen molar-refractivity contribution in [2.24, 2.45) is 0 Å². The molecule has 1 aromatic heterocycles. The fourth-order valence-electron chi connectivity index (χ4n) is 2.61. The number of amides is 1. The molecule has 6 heteroatoms. The van der Waals surface area contributed by atoms with Gasteiger partial charge in [0.25, 0.3) is 0 Å². The third-order valence-corrected chi connectivity index (χ3v) is 4.93. The quantitative estimate of drug-likeness (QED) is 0.334. The molecule has 0 atom stereocenters. The topological polar surface area (TPSA) is 63.4 Å². The summed E-state index contributed by atoms with van der Waals surface area (Å²) >= 11 is 1.05. The molecule has 1 heterocycles. The largest absolute Gasteiger partial charge is 0.331 e. The summed E-state index contributed by atoms with van der Waals surface area (Å²) in [7, 11) is 0. The van der Waals surface area contributed by atoms with Gasteiger partial charge in [-0.3, -0.25) is 14.9 Å². The second-order valence-corrected chi connectivity index (χ2v) is 7.03. The molecule has 1 amide bonds. The van der Waals surface area contributed by atoms with Crippen LogP contribution in [0.5, 0.6) is 0 Å². The van der Waals surface area contributed by atoms with Gasteiger partial charge in [-0.25, -0.2) is 0 Å². The van der Waals surface area contributed by atoms with Crippen LogP contribution in [0.3, 0.4) is 0 Å². The second-order valence-electron chi connectivity index (χ2n) is 5.93. The van der Waals surface area contributed by atoms with E-state index in [0.29, 0.717) is 18.0 Å². The Bertz CT molecular complexity index is 895. The van der Waals surface area contributed by atoms with Gasteiger partial charge in [0.1, 0.15) is 0 Å². The van der Waals surface area contributed by atoms with Crippen molar-refractivity contribution in [3.8, 4) is 0 Å². The number of thiophene rings is 1. The van der Waals surface area contributed by atoms with Gasteiger partial charge in [0, 0.05) is 30.1 Å². The van der Waals surface area contributed by atoms with Gasteiger partial charge in [0.2, 0.25) is 5.91 Å². The molecule has 0 aliphatic carbocycles. The zero-order chi connectivity index (χ0) is 19.1. The molecule has 0 aliphatic rings. The van der Waals surface area contributed by atoms with E-state index in [9.17, 15) is 14.9 Å². The Kier molecular flexibility index (Phi) is 6.12. The van der Waals surface area contributed by atoms with Crippen LogP contribution in [0.2, 0.25) is 0 Å². The first-order valence-corrected chi connectivity index (χ1v) is 9.22. The molecular weight excluding hydrogens is 360 g/mol. The molecule has 27 heavy (non-hydrogen) atoms. The van der Waals surface area contributed by atoms with Gasteiger partial charge in [-0.15, -0.1) is 0 Å². The molecule has 3 aromatic rings. The molecule has 0 radical (unpaired) electrons. The van der Waals surface area contributed by atoms with E-state index in [2.05, 4.69) is 0 Å². The van der Waals surface area contributed by atoms with Crippen molar-refractivity contribution >= 4 is 28.3 Å². The zero-order valence-corrected chi connectivity index (χ0v) is 15.3. The van der Waals surface area contributed by atoms with Crippen molar-refractivity contribution in [1.29, 1.82) is 0 Å². The van der Waals surface area contributed by atoms with Crippen molar-refractivity contribution in [3.05, 3.63) is 105 Å².